The second-order valence-corrected chi connectivity index (χ2v) is 6.09. The first-order valence-electron chi connectivity index (χ1n) is 6.75. The molecule has 0 spiro atoms. The highest BCUT2D eigenvalue weighted by Crippen LogP contribution is 2.29. The summed E-state index contributed by atoms with van der Waals surface area (Å²) in [5.74, 6) is 0. The third-order valence-corrected chi connectivity index (χ3v) is 4.50. The average Bonchev–Trinajstić information content (AvgIpc) is 2.65. The van der Waals surface area contributed by atoms with Crippen LogP contribution in [-0.2, 0) is 11.3 Å². The summed E-state index contributed by atoms with van der Waals surface area (Å²) >= 11 is 6.26. The van der Waals surface area contributed by atoms with Crippen LogP contribution in [-0.4, -0.2) is 30.2 Å². The zero-order valence-corrected chi connectivity index (χ0v) is 11.8. The van der Waals surface area contributed by atoms with Crippen LogP contribution in [0.15, 0.2) is 12.1 Å². The van der Waals surface area contributed by atoms with Gasteiger partial charge in [-0.2, -0.15) is 0 Å². The van der Waals surface area contributed by atoms with Gasteiger partial charge in [-0.1, -0.05) is 17.7 Å². The summed E-state index contributed by atoms with van der Waals surface area (Å²) in [6.07, 6.45) is 3.39. The second-order valence-electron chi connectivity index (χ2n) is 5.68. The molecule has 3 heteroatoms. The standard InChI is InChI=1S/C15H20ClNO/c1-10-5-12(11(2)15(16)6-10)7-17-8-13-3-4-14(9-17)18-13/h5-6,13-14H,3-4,7-9H2,1-2H3. The number of fused-ring (bicyclic) bond motifs is 2. The van der Waals surface area contributed by atoms with E-state index in [0.29, 0.717) is 12.2 Å². The molecular formula is C15H20ClNO. The summed E-state index contributed by atoms with van der Waals surface area (Å²) in [5, 5.41) is 0.890. The average molecular weight is 266 g/mol. The number of nitrogens with zero attached hydrogens (tertiary/aromatic N) is 1. The van der Waals surface area contributed by atoms with Gasteiger partial charge in [-0.15, -0.1) is 0 Å². The Balaban J connectivity index is 1.76. The lowest BCUT2D eigenvalue weighted by Crippen LogP contribution is -2.42. The van der Waals surface area contributed by atoms with E-state index in [2.05, 4.69) is 24.8 Å². The predicted molar refractivity (Wildman–Crippen MR) is 74.1 cm³/mol. The third kappa shape index (κ3) is 2.42. The maximum Gasteiger partial charge on any atom is 0.0707 e. The number of aryl methyl sites for hydroxylation is 1. The minimum Gasteiger partial charge on any atom is -0.372 e. The molecule has 2 aliphatic heterocycles. The largest absolute Gasteiger partial charge is 0.372 e. The molecule has 2 nitrogen and oxygen atoms in total. The number of hydrogen-bond donors (Lipinski definition) is 0. The van der Waals surface area contributed by atoms with E-state index in [-0.39, 0.29) is 0 Å². The van der Waals surface area contributed by atoms with Crippen molar-refractivity contribution in [2.24, 2.45) is 0 Å². The van der Waals surface area contributed by atoms with Crippen LogP contribution >= 0.6 is 11.6 Å². The quantitative estimate of drug-likeness (QED) is 0.813. The van der Waals surface area contributed by atoms with Crippen molar-refractivity contribution in [2.75, 3.05) is 13.1 Å². The molecule has 98 valence electrons. The van der Waals surface area contributed by atoms with Crippen LogP contribution in [0, 0.1) is 13.8 Å². The lowest BCUT2D eigenvalue weighted by molar-refractivity contribution is -0.0411. The molecule has 0 radical (unpaired) electrons. The van der Waals surface area contributed by atoms with Crippen LogP contribution in [0.4, 0.5) is 0 Å². The Morgan fingerprint density at radius 1 is 1.22 bits per heavy atom. The van der Waals surface area contributed by atoms with Gasteiger partial charge in [0.05, 0.1) is 12.2 Å². The molecule has 2 fully saturated rings. The summed E-state index contributed by atoms with van der Waals surface area (Å²) in [4.78, 5) is 2.52. The Morgan fingerprint density at radius 2 is 1.89 bits per heavy atom. The Kier molecular flexibility index (Phi) is 3.35. The van der Waals surface area contributed by atoms with E-state index in [9.17, 15) is 0 Å². The minimum atomic E-state index is 0.462. The van der Waals surface area contributed by atoms with E-state index in [1.807, 2.05) is 6.07 Å². The van der Waals surface area contributed by atoms with Gasteiger partial charge < -0.3 is 4.74 Å². The number of hydrogen-bond acceptors (Lipinski definition) is 2. The van der Waals surface area contributed by atoms with E-state index in [1.165, 1.54) is 29.5 Å². The summed E-state index contributed by atoms with van der Waals surface area (Å²) < 4.78 is 5.88. The van der Waals surface area contributed by atoms with Crippen LogP contribution in [0.2, 0.25) is 5.02 Å². The van der Waals surface area contributed by atoms with Gasteiger partial charge >= 0.3 is 0 Å². The summed E-state index contributed by atoms with van der Waals surface area (Å²) in [5.41, 5.74) is 3.83. The van der Waals surface area contributed by atoms with Crippen LogP contribution in [0.5, 0.6) is 0 Å². The zero-order valence-electron chi connectivity index (χ0n) is 11.1. The van der Waals surface area contributed by atoms with Crippen LogP contribution < -0.4 is 0 Å². The fourth-order valence-electron chi connectivity index (χ4n) is 3.12. The fourth-order valence-corrected chi connectivity index (χ4v) is 3.41. The van der Waals surface area contributed by atoms with Gasteiger partial charge in [-0.3, -0.25) is 4.90 Å². The predicted octanol–water partition coefficient (Wildman–Crippen LogP) is 3.32. The Morgan fingerprint density at radius 3 is 2.56 bits per heavy atom. The zero-order chi connectivity index (χ0) is 12.7. The SMILES string of the molecule is Cc1cc(Cl)c(C)c(CN2CC3CCC(C2)O3)c1. The smallest absolute Gasteiger partial charge is 0.0707 e. The fraction of sp³-hybridized carbons (Fsp3) is 0.600. The molecular weight excluding hydrogens is 246 g/mol. The summed E-state index contributed by atoms with van der Waals surface area (Å²) in [7, 11) is 0. The van der Waals surface area contributed by atoms with E-state index in [1.54, 1.807) is 0 Å². The molecule has 2 aliphatic rings. The van der Waals surface area contributed by atoms with Crippen molar-refractivity contribution in [2.45, 2.75) is 45.4 Å². The lowest BCUT2D eigenvalue weighted by Gasteiger charge is -2.32. The van der Waals surface area contributed by atoms with Crippen molar-refractivity contribution in [3.8, 4) is 0 Å². The van der Waals surface area contributed by atoms with E-state index < -0.39 is 0 Å². The maximum absolute atomic E-state index is 6.26. The van der Waals surface area contributed by atoms with E-state index in [0.717, 1.165) is 24.7 Å². The number of ether oxygens (including phenoxy) is 1. The number of benzene rings is 1. The highest BCUT2D eigenvalue weighted by atomic mass is 35.5. The van der Waals surface area contributed by atoms with E-state index in [4.69, 9.17) is 16.3 Å². The Bertz CT molecular complexity index is 448. The number of morpholine rings is 1. The minimum absolute atomic E-state index is 0.462. The number of halogens is 1. The Hall–Kier alpha value is -0.570. The highest BCUT2D eigenvalue weighted by Gasteiger charge is 2.33. The molecule has 0 saturated carbocycles. The first-order chi connectivity index (χ1) is 8.61. The number of rotatable bonds is 2. The van der Waals surface area contributed by atoms with Gasteiger partial charge in [0.15, 0.2) is 0 Å². The maximum atomic E-state index is 6.26. The van der Waals surface area contributed by atoms with Crippen molar-refractivity contribution in [3.63, 3.8) is 0 Å². The molecule has 2 unspecified atom stereocenters. The molecule has 0 N–H and O–H groups in total. The molecule has 0 aliphatic carbocycles. The summed E-state index contributed by atoms with van der Waals surface area (Å²) in [6, 6.07) is 4.31. The van der Waals surface area contributed by atoms with Gasteiger partial charge in [-0.25, -0.2) is 0 Å². The molecule has 1 aromatic carbocycles. The number of likely N-dealkylation sites (tertiary alicyclic amines) is 1. The lowest BCUT2D eigenvalue weighted by atomic mass is 10.0. The van der Waals surface area contributed by atoms with Gasteiger partial charge in [0.1, 0.15) is 0 Å². The van der Waals surface area contributed by atoms with Crippen LogP contribution in [0.3, 0.4) is 0 Å². The van der Waals surface area contributed by atoms with Crippen molar-refractivity contribution >= 4 is 11.6 Å². The Labute approximate surface area is 114 Å². The molecule has 1 aromatic rings. The first-order valence-corrected chi connectivity index (χ1v) is 7.13. The monoisotopic (exact) mass is 265 g/mol. The van der Waals surface area contributed by atoms with Gasteiger partial charge in [0.25, 0.3) is 0 Å². The molecule has 0 amide bonds. The van der Waals surface area contributed by atoms with Crippen molar-refractivity contribution in [1.29, 1.82) is 0 Å². The van der Waals surface area contributed by atoms with E-state index >= 15 is 0 Å². The molecule has 2 heterocycles. The highest BCUT2D eigenvalue weighted by molar-refractivity contribution is 6.31. The van der Waals surface area contributed by atoms with Crippen LogP contribution in [0.1, 0.15) is 29.5 Å². The van der Waals surface area contributed by atoms with Crippen LogP contribution in [0.25, 0.3) is 0 Å². The first kappa shape index (κ1) is 12.5. The van der Waals surface area contributed by atoms with Gasteiger partial charge in [0, 0.05) is 24.7 Å². The molecule has 3 rings (SSSR count). The van der Waals surface area contributed by atoms with Gasteiger partial charge in [-0.05, 0) is 49.4 Å². The molecule has 18 heavy (non-hydrogen) atoms. The summed E-state index contributed by atoms with van der Waals surface area (Å²) in [6.45, 7) is 7.37. The second kappa shape index (κ2) is 4.84. The topological polar surface area (TPSA) is 12.5 Å². The van der Waals surface area contributed by atoms with Crippen molar-refractivity contribution in [1.82, 2.24) is 4.90 Å². The molecule has 2 saturated heterocycles. The molecule has 2 atom stereocenters. The normalized spacial score (nSPS) is 27.7. The third-order valence-electron chi connectivity index (χ3n) is 4.11. The molecule has 0 aromatic heterocycles. The van der Waals surface area contributed by atoms with Crippen molar-refractivity contribution < 1.29 is 4.74 Å². The van der Waals surface area contributed by atoms with Gasteiger partial charge in [0.2, 0.25) is 0 Å². The van der Waals surface area contributed by atoms with Crippen molar-refractivity contribution in [3.05, 3.63) is 33.8 Å². The molecule has 2 bridgehead atoms.